The van der Waals surface area contributed by atoms with E-state index in [4.69, 9.17) is 11.6 Å². The van der Waals surface area contributed by atoms with Crippen LogP contribution in [0.3, 0.4) is 0 Å². The highest BCUT2D eigenvalue weighted by atomic mass is 35.5. The lowest BCUT2D eigenvalue weighted by Gasteiger charge is -2.20. The molecule has 2 aromatic carbocycles. The van der Waals surface area contributed by atoms with Crippen molar-refractivity contribution in [1.82, 2.24) is 5.32 Å². The summed E-state index contributed by atoms with van der Waals surface area (Å²) in [5.74, 6) is 0. The van der Waals surface area contributed by atoms with Crippen LogP contribution in [0.25, 0.3) is 0 Å². The summed E-state index contributed by atoms with van der Waals surface area (Å²) < 4.78 is 0. The first-order valence-electron chi connectivity index (χ1n) is 7.42. The smallest absolute Gasteiger partial charge is 0.0456 e. The van der Waals surface area contributed by atoms with Gasteiger partial charge >= 0.3 is 0 Å². The molecular formula is C19H24ClN. The molecule has 0 heterocycles. The van der Waals surface area contributed by atoms with E-state index < -0.39 is 0 Å². The van der Waals surface area contributed by atoms with Crippen molar-refractivity contribution in [2.75, 3.05) is 7.05 Å². The Labute approximate surface area is 133 Å². The lowest BCUT2D eigenvalue weighted by molar-refractivity contribution is 0.591. The number of benzene rings is 2. The van der Waals surface area contributed by atoms with Gasteiger partial charge in [-0.1, -0.05) is 35.9 Å². The fourth-order valence-corrected chi connectivity index (χ4v) is 2.95. The van der Waals surface area contributed by atoms with Crippen LogP contribution in [-0.2, 0) is 6.42 Å². The molecule has 2 rings (SSSR count). The molecule has 112 valence electrons. The molecule has 1 atom stereocenters. The van der Waals surface area contributed by atoms with Crippen molar-refractivity contribution >= 4 is 11.6 Å². The predicted molar refractivity (Wildman–Crippen MR) is 92.3 cm³/mol. The Morgan fingerprint density at radius 2 is 1.52 bits per heavy atom. The fourth-order valence-electron chi connectivity index (χ4n) is 2.60. The van der Waals surface area contributed by atoms with Crippen LogP contribution in [-0.4, -0.2) is 7.05 Å². The van der Waals surface area contributed by atoms with E-state index in [2.05, 4.69) is 63.3 Å². The molecule has 0 radical (unpaired) electrons. The van der Waals surface area contributed by atoms with Gasteiger partial charge in [-0.25, -0.2) is 0 Å². The Morgan fingerprint density at radius 1 is 0.905 bits per heavy atom. The molecule has 0 spiro atoms. The molecular weight excluding hydrogens is 278 g/mol. The molecule has 1 unspecified atom stereocenters. The van der Waals surface area contributed by atoms with Crippen LogP contribution < -0.4 is 5.32 Å². The van der Waals surface area contributed by atoms with E-state index in [0.29, 0.717) is 0 Å². The van der Waals surface area contributed by atoms with E-state index in [9.17, 15) is 0 Å². The predicted octanol–water partition coefficient (Wildman–Crippen LogP) is 5.08. The van der Waals surface area contributed by atoms with E-state index in [1.807, 2.05) is 7.05 Å². The van der Waals surface area contributed by atoms with Crippen LogP contribution in [0.2, 0.25) is 5.02 Å². The monoisotopic (exact) mass is 301 g/mol. The summed E-state index contributed by atoms with van der Waals surface area (Å²) in [5, 5.41) is 4.25. The minimum absolute atomic E-state index is 0.235. The number of likely N-dealkylation sites (N-methyl/N-ethyl adjacent to an activating group) is 1. The largest absolute Gasteiger partial charge is 0.313 e. The molecule has 0 aliphatic heterocycles. The van der Waals surface area contributed by atoms with E-state index >= 15 is 0 Å². The van der Waals surface area contributed by atoms with E-state index in [0.717, 1.165) is 11.4 Å². The average Bonchev–Trinajstić information content (AvgIpc) is 2.44. The van der Waals surface area contributed by atoms with Gasteiger partial charge in [0.2, 0.25) is 0 Å². The minimum Gasteiger partial charge on any atom is -0.313 e. The maximum atomic E-state index is 6.46. The van der Waals surface area contributed by atoms with Crippen LogP contribution in [0.15, 0.2) is 30.3 Å². The number of hydrogen-bond acceptors (Lipinski definition) is 1. The van der Waals surface area contributed by atoms with Crippen molar-refractivity contribution in [3.63, 3.8) is 0 Å². The third-order valence-corrected chi connectivity index (χ3v) is 4.68. The third kappa shape index (κ3) is 3.66. The molecule has 21 heavy (non-hydrogen) atoms. The molecule has 2 aromatic rings. The van der Waals surface area contributed by atoms with Crippen molar-refractivity contribution in [3.05, 3.63) is 68.7 Å². The summed E-state index contributed by atoms with van der Waals surface area (Å²) in [6.07, 6.45) is 0.944. The average molecular weight is 302 g/mol. The normalized spacial score (nSPS) is 12.5. The quantitative estimate of drug-likeness (QED) is 0.830. The Bertz CT molecular complexity index is 646. The number of aryl methyl sites for hydroxylation is 4. The summed E-state index contributed by atoms with van der Waals surface area (Å²) in [5.41, 5.74) is 7.73. The molecule has 0 aliphatic carbocycles. The van der Waals surface area contributed by atoms with Gasteiger partial charge in [0, 0.05) is 11.1 Å². The van der Waals surface area contributed by atoms with Gasteiger partial charge in [0.15, 0.2) is 0 Å². The van der Waals surface area contributed by atoms with Crippen molar-refractivity contribution in [1.29, 1.82) is 0 Å². The van der Waals surface area contributed by atoms with Gasteiger partial charge in [-0.05, 0) is 80.6 Å². The molecule has 1 nitrogen and oxygen atoms in total. The Morgan fingerprint density at radius 3 is 2.14 bits per heavy atom. The summed E-state index contributed by atoms with van der Waals surface area (Å²) >= 11 is 6.46. The molecule has 0 aliphatic rings. The van der Waals surface area contributed by atoms with Gasteiger partial charge in [-0.15, -0.1) is 0 Å². The highest BCUT2D eigenvalue weighted by Crippen LogP contribution is 2.29. The second-order valence-corrected chi connectivity index (χ2v) is 6.33. The molecule has 0 amide bonds. The highest BCUT2D eigenvalue weighted by molar-refractivity contribution is 6.31. The van der Waals surface area contributed by atoms with Crippen LogP contribution in [0.4, 0.5) is 0 Å². The van der Waals surface area contributed by atoms with Crippen molar-refractivity contribution in [2.45, 2.75) is 40.2 Å². The second kappa shape index (κ2) is 6.64. The van der Waals surface area contributed by atoms with E-state index in [1.165, 1.54) is 33.4 Å². The van der Waals surface area contributed by atoms with Crippen molar-refractivity contribution in [2.24, 2.45) is 0 Å². The summed E-state index contributed by atoms with van der Waals surface area (Å²) in [4.78, 5) is 0. The Hall–Kier alpha value is -1.31. The maximum absolute atomic E-state index is 6.46. The zero-order chi connectivity index (χ0) is 15.6. The van der Waals surface area contributed by atoms with Crippen molar-refractivity contribution in [3.8, 4) is 0 Å². The van der Waals surface area contributed by atoms with E-state index in [1.54, 1.807) is 0 Å². The Kier molecular flexibility index (Phi) is 5.08. The van der Waals surface area contributed by atoms with Crippen LogP contribution in [0.1, 0.15) is 39.4 Å². The van der Waals surface area contributed by atoms with Gasteiger partial charge in [-0.2, -0.15) is 0 Å². The number of rotatable bonds is 4. The summed E-state index contributed by atoms with van der Waals surface area (Å²) in [6.45, 7) is 8.55. The number of halogens is 1. The standard InChI is InChI=1S/C19H24ClN/c1-12-6-7-16(8-13(12)2)11-19(21-5)17-9-14(3)15(4)10-18(17)20/h6-10,19,21H,11H2,1-5H3. The molecule has 1 N–H and O–H groups in total. The van der Waals surface area contributed by atoms with Crippen LogP contribution in [0, 0.1) is 27.7 Å². The summed E-state index contributed by atoms with van der Waals surface area (Å²) in [7, 11) is 2.00. The topological polar surface area (TPSA) is 12.0 Å². The van der Waals surface area contributed by atoms with Crippen LogP contribution >= 0.6 is 11.6 Å². The van der Waals surface area contributed by atoms with Crippen molar-refractivity contribution < 1.29 is 0 Å². The Balaban J connectivity index is 2.31. The van der Waals surface area contributed by atoms with E-state index in [-0.39, 0.29) is 6.04 Å². The molecule has 0 saturated heterocycles. The number of nitrogens with one attached hydrogen (secondary N) is 1. The molecule has 2 heteroatoms. The fraction of sp³-hybridized carbons (Fsp3) is 0.368. The number of hydrogen-bond donors (Lipinski definition) is 1. The van der Waals surface area contributed by atoms with Gasteiger partial charge in [0.1, 0.15) is 0 Å². The first-order chi connectivity index (χ1) is 9.92. The molecule has 0 bridgehead atoms. The first kappa shape index (κ1) is 16.1. The van der Waals surface area contributed by atoms with Gasteiger partial charge in [-0.3, -0.25) is 0 Å². The SMILES string of the molecule is CNC(Cc1ccc(C)c(C)c1)c1cc(C)c(C)cc1Cl. The second-order valence-electron chi connectivity index (χ2n) is 5.92. The maximum Gasteiger partial charge on any atom is 0.0456 e. The lowest BCUT2D eigenvalue weighted by atomic mass is 9.94. The third-order valence-electron chi connectivity index (χ3n) is 4.35. The molecule has 0 aromatic heterocycles. The first-order valence-corrected chi connectivity index (χ1v) is 7.80. The highest BCUT2D eigenvalue weighted by Gasteiger charge is 2.15. The summed E-state index contributed by atoms with van der Waals surface area (Å²) in [6, 6.07) is 11.2. The lowest BCUT2D eigenvalue weighted by Crippen LogP contribution is -2.19. The molecule has 0 fully saturated rings. The zero-order valence-corrected chi connectivity index (χ0v) is 14.3. The van der Waals surface area contributed by atoms with Crippen LogP contribution in [0.5, 0.6) is 0 Å². The van der Waals surface area contributed by atoms with Gasteiger partial charge < -0.3 is 5.32 Å². The zero-order valence-electron chi connectivity index (χ0n) is 13.5. The molecule has 0 saturated carbocycles. The minimum atomic E-state index is 0.235. The van der Waals surface area contributed by atoms with Gasteiger partial charge in [0.05, 0.1) is 0 Å². The van der Waals surface area contributed by atoms with Gasteiger partial charge in [0.25, 0.3) is 0 Å².